The number of benzene rings is 1. The highest BCUT2D eigenvalue weighted by Crippen LogP contribution is 2.26. The van der Waals surface area contributed by atoms with Crippen LogP contribution < -0.4 is 0 Å². The van der Waals surface area contributed by atoms with Gasteiger partial charge in [0.15, 0.2) is 0 Å². The molecule has 25 heavy (non-hydrogen) atoms. The third-order valence-corrected chi connectivity index (χ3v) is 4.83. The maximum absolute atomic E-state index is 13.0. The molecule has 0 N–H and O–H groups in total. The molecule has 0 saturated carbocycles. The van der Waals surface area contributed by atoms with Gasteiger partial charge in [-0.25, -0.2) is 4.68 Å². The number of carbonyl (C=O) groups is 1. The summed E-state index contributed by atoms with van der Waals surface area (Å²) < 4.78 is 7.34. The van der Waals surface area contributed by atoms with Crippen LogP contribution in [0.2, 0.25) is 0 Å². The fraction of sp³-hybridized carbons (Fsp3) is 0.500. The Labute approximate surface area is 149 Å². The van der Waals surface area contributed by atoms with E-state index in [1.165, 1.54) is 0 Å². The number of para-hydroxylation sites is 1. The van der Waals surface area contributed by atoms with Crippen molar-refractivity contribution in [3.05, 3.63) is 47.3 Å². The molecule has 2 aromatic rings. The molecular weight excluding hydrogens is 314 g/mol. The maximum Gasteiger partial charge on any atom is 0.257 e. The average molecular weight is 341 g/mol. The zero-order chi connectivity index (χ0) is 18.0. The molecule has 1 amide bonds. The van der Waals surface area contributed by atoms with Crippen LogP contribution in [0.5, 0.6) is 0 Å². The molecule has 1 aromatic carbocycles. The molecule has 0 unspecified atom stereocenters. The Hall–Kier alpha value is -2.14. The van der Waals surface area contributed by atoms with Crippen molar-refractivity contribution >= 4 is 5.91 Å². The van der Waals surface area contributed by atoms with Crippen molar-refractivity contribution in [2.24, 2.45) is 5.92 Å². The van der Waals surface area contributed by atoms with E-state index in [-0.39, 0.29) is 11.8 Å². The fourth-order valence-corrected chi connectivity index (χ4v) is 3.47. The smallest absolute Gasteiger partial charge is 0.257 e. The molecule has 5 heteroatoms. The number of hydrogen-bond acceptors (Lipinski definition) is 3. The molecule has 0 radical (unpaired) electrons. The zero-order valence-corrected chi connectivity index (χ0v) is 15.5. The van der Waals surface area contributed by atoms with Gasteiger partial charge in [-0.1, -0.05) is 32.0 Å². The number of hydrogen-bond donors (Lipinski definition) is 0. The van der Waals surface area contributed by atoms with E-state index in [1.807, 2.05) is 34.8 Å². The van der Waals surface area contributed by atoms with Crippen molar-refractivity contribution in [1.82, 2.24) is 14.7 Å². The molecule has 1 aliphatic heterocycles. The monoisotopic (exact) mass is 341 g/mol. The summed E-state index contributed by atoms with van der Waals surface area (Å²) in [5, 5.41) is 4.55. The van der Waals surface area contributed by atoms with Gasteiger partial charge in [-0.05, 0) is 30.9 Å². The summed E-state index contributed by atoms with van der Waals surface area (Å²) in [6.45, 7) is 8.55. The van der Waals surface area contributed by atoms with Crippen LogP contribution in [0, 0.1) is 12.8 Å². The van der Waals surface area contributed by atoms with Crippen LogP contribution in [-0.4, -0.2) is 47.4 Å². The van der Waals surface area contributed by atoms with Gasteiger partial charge in [0.2, 0.25) is 0 Å². The molecule has 5 nitrogen and oxygen atoms in total. The molecule has 0 spiro atoms. The molecule has 1 fully saturated rings. The Morgan fingerprint density at radius 2 is 2.16 bits per heavy atom. The van der Waals surface area contributed by atoms with Gasteiger partial charge in [0.05, 0.1) is 29.7 Å². The van der Waals surface area contributed by atoms with Crippen molar-refractivity contribution in [3.8, 4) is 5.69 Å². The van der Waals surface area contributed by atoms with Gasteiger partial charge in [-0.2, -0.15) is 5.10 Å². The van der Waals surface area contributed by atoms with Crippen LogP contribution in [0.25, 0.3) is 5.69 Å². The summed E-state index contributed by atoms with van der Waals surface area (Å²) in [4.78, 5) is 14.8. The second kappa shape index (κ2) is 7.40. The first kappa shape index (κ1) is 17.7. The van der Waals surface area contributed by atoms with Crippen molar-refractivity contribution in [2.75, 3.05) is 26.8 Å². The normalized spacial score (nSPS) is 17.2. The first-order valence-corrected chi connectivity index (χ1v) is 8.96. The standard InChI is InChI=1S/C20H27N3O2/c1-14(2)19-17(20(24)22(4)12-16-9-10-25-13-16)11-21-23(19)18-8-6-5-7-15(18)3/h5-8,11,14,16H,9-10,12-13H2,1-4H3/t16-/m0/s1. The highest BCUT2D eigenvalue weighted by Gasteiger charge is 2.26. The molecule has 1 saturated heterocycles. The van der Waals surface area contributed by atoms with E-state index in [9.17, 15) is 4.79 Å². The molecule has 1 aromatic heterocycles. The number of nitrogens with zero attached hydrogens (tertiary/aromatic N) is 3. The van der Waals surface area contributed by atoms with E-state index in [1.54, 1.807) is 6.20 Å². The number of carbonyl (C=O) groups excluding carboxylic acids is 1. The predicted octanol–water partition coefficient (Wildman–Crippen LogP) is 3.41. The van der Waals surface area contributed by atoms with Crippen molar-refractivity contribution in [3.63, 3.8) is 0 Å². The van der Waals surface area contributed by atoms with E-state index < -0.39 is 0 Å². The third-order valence-electron chi connectivity index (χ3n) is 4.83. The summed E-state index contributed by atoms with van der Waals surface area (Å²) in [6.07, 6.45) is 2.74. The molecule has 0 bridgehead atoms. The van der Waals surface area contributed by atoms with Crippen molar-refractivity contribution in [1.29, 1.82) is 0 Å². The Morgan fingerprint density at radius 1 is 1.40 bits per heavy atom. The van der Waals surface area contributed by atoms with Gasteiger partial charge in [0.1, 0.15) is 0 Å². The SMILES string of the molecule is Cc1ccccc1-n1ncc(C(=O)N(C)C[C@@H]2CCOC2)c1C(C)C. The summed E-state index contributed by atoms with van der Waals surface area (Å²) in [7, 11) is 1.87. The zero-order valence-electron chi connectivity index (χ0n) is 15.5. The van der Waals surface area contributed by atoms with Gasteiger partial charge in [-0.15, -0.1) is 0 Å². The van der Waals surface area contributed by atoms with Gasteiger partial charge in [-0.3, -0.25) is 4.79 Å². The van der Waals surface area contributed by atoms with Gasteiger partial charge < -0.3 is 9.64 Å². The minimum absolute atomic E-state index is 0.0374. The number of rotatable bonds is 5. The largest absolute Gasteiger partial charge is 0.381 e. The lowest BCUT2D eigenvalue weighted by molar-refractivity contribution is 0.0764. The molecule has 2 heterocycles. The summed E-state index contributed by atoms with van der Waals surface area (Å²) in [5.41, 5.74) is 3.83. The predicted molar refractivity (Wildman–Crippen MR) is 98.3 cm³/mol. The summed E-state index contributed by atoms with van der Waals surface area (Å²) in [6, 6.07) is 8.12. The summed E-state index contributed by atoms with van der Waals surface area (Å²) >= 11 is 0. The first-order valence-electron chi connectivity index (χ1n) is 8.96. The number of ether oxygens (including phenoxy) is 1. The quantitative estimate of drug-likeness (QED) is 0.837. The van der Waals surface area contributed by atoms with Gasteiger partial charge >= 0.3 is 0 Å². The minimum Gasteiger partial charge on any atom is -0.381 e. The molecule has 3 rings (SSSR count). The second-order valence-corrected chi connectivity index (χ2v) is 7.21. The van der Waals surface area contributed by atoms with Crippen LogP contribution in [0.3, 0.4) is 0 Å². The van der Waals surface area contributed by atoms with Crippen LogP contribution in [0.15, 0.2) is 30.5 Å². The van der Waals surface area contributed by atoms with E-state index in [4.69, 9.17) is 4.74 Å². The Bertz CT molecular complexity index is 745. The van der Waals surface area contributed by atoms with Crippen LogP contribution >= 0.6 is 0 Å². The average Bonchev–Trinajstić information content (AvgIpc) is 3.23. The maximum atomic E-state index is 13.0. The Morgan fingerprint density at radius 3 is 2.80 bits per heavy atom. The van der Waals surface area contributed by atoms with Crippen molar-refractivity contribution < 1.29 is 9.53 Å². The Kier molecular flexibility index (Phi) is 5.23. The van der Waals surface area contributed by atoms with E-state index in [2.05, 4.69) is 31.9 Å². The highest BCUT2D eigenvalue weighted by atomic mass is 16.5. The molecule has 134 valence electrons. The summed E-state index contributed by atoms with van der Waals surface area (Å²) in [5.74, 6) is 0.669. The highest BCUT2D eigenvalue weighted by molar-refractivity contribution is 5.95. The molecule has 0 aliphatic carbocycles. The van der Waals surface area contributed by atoms with Crippen molar-refractivity contribution in [2.45, 2.75) is 33.1 Å². The van der Waals surface area contributed by atoms with Gasteiger partial charge in [0.25, 0.3) is 5.91 Å². The minimum atomic E-state index is 0.0374. The number of aromatic nitrogens is 2. The topological polar surface area (TPSA) is 47.4 Å². The van der Waals surface area contributed by atoms with Gasteiger partial charge in [0, 0.05) is 26.1 Å². The molecule has 1 atom stereocenters. The van der Waals surface area contributed by atoms with Crippen LogP contribution in [-0.2, 0) is 4.74 Å². The fourth-order valence-electron chi connectivity index (χ4n) is 3.47. The number of amides is 1. The third kappa shape index (κ3) is 3.61. The first-order chi connectivity index (χ1) is 12.0. The van der Waals surface area contributed by atoms with E-state index >= 15 is 0 Å². The molecule has 1 aliphatic rings. The van der Waals surface area contributed by atoms with E-state index in [0.29, 0.717) is 11.5 Å². The van der Waals surface area contributed by atoms with Crippen LogP contribution in [0.4, 0.5) is 0 Å². The lowest BCUT2D eigenvalue weighted by atomic mass is 10.0. The number of aryl methyl sites for hydroxylation is 1. The Balaban J connectivity index is 1.91. The van der Waals surface area contributed by atoms with Crippen LogP contribution in [0.1, 0.15) is 47.8 Å². The second-order valence-electron chi connectivity index (χ2n) is 7.21. The lowest BCUT2D eigenvalue weighted by Crippen LogP contribution is -2.32. The van der Waals surface area contributed by atoms with E-state index in [0.717, 1.165) is 43.1 Å². The molecular formula is C20H27N3O2. The lowest BCUT2D eigenvalue weighted by Gasteiger charge is -2.21.